The van der Waals surface area contributed by atoms with Crippen LogP contribution < -0.4 is 0 Å². The molecule has 1 saturated heterocycles. The Kier molecular flexibility index (Phi) is 3.93. The van der Waals surface area contributed by atoms with Crippen molar-refractivity contribution >= 4 is 17.4 Å². The fourth-order valence-corrected chi connectivity index (χ4v) is 2.88. The molecule has 0 bridgehead atoms. The summed E-state index contributed by atoms with van der Waals surface area (Å²) in [4.78, 5) is 25.6. The highest BCUT2D eigenvalue weighted by molar-refractivity contribution is 6.46. The van der Waals surface area contributed by atoms with E-state index in [9.17, 15) is 19.1 Å². The molecule has 2 aromatic carbocycles. The van der Waals surface area contributed by atoms with Crippen molar-refractivity contribution in [3.8, 4) is 0 Å². The maximum absolute atomic E-state index is 14.2. The van der Waals surface area contributed by atoms with Gasteiger partial charge in [-0.3, -0.25) is 9.59 Å². The Morgan fingerprint density at radius 3 is 2.33 bits per heavy atom. The largest absolute Gasteiger partial charge is 0.507 e. The molecule has 1 aliphatic heterocycles. The number of benzene rings is 2. The molecule has 122 valence electrons. The van der Waals surface area contributed by atoms with Crippen LogP contribution in [0.2, 0.25) is 0 Å². The smallest absolute Gasteiger partial charge is 0.295 e. The number of aliphatic hydroxyl groups excluding tert-OH is 1. The number of aliphatic hydroxyl groups is 1. The van der Waals surface area contributed by atoms with Crippen LogP contribution in [0.4, 0.5) is 4.39 Å². The van der Waals surface area contributed by atoms with Crippen molar-refractivity contribution in [3.63, 3.8) is 0 Å². The molecule has 1 atom stereocenters. The number of likely N-dealkylation sites (N-methyl/N-ethyl adjacent to an activating group) is 1. The second-order valence-electron chi connectivity index (χ2n) is 5.80. The molecule has 1 aliphatic rings. The van der Waals surface area contributed by atoms with Crippen LogP contribution in [0.15, 0.2) is 54.1 Å². The van der Waals surface area contributed by atoms with Crippen LogP contribution in [-0.4, -0.2) is 28.7 Å². The quantitative estimate of drug-likeness (QED) is 0.524. The standard InChI is InChI=1S/C19H16FNO3/c1-11-7-9-12(10-8-11)17(22)15-16(21(2)19(24)18(15)23)13-5-3-4-6-14(13)20/h3-10,16,22H,1-2H3/t16-/m0/s1. The van der Waals surface area contributed by atoms with Gasteiger partial charge in [-0.1, -0.05) is 48.0 Å². The third-order valence-corrected chi connectivity index (χ3v) is 4.20. The van der Waals surface area contributed by atoms with Gasteiger partial charge in [-0.15, -0.1) is 0 Å². The highest BCUT2D eigenvalue weighted by Gasteiger charge is 2.45. The number of Topliss-reactive ketones (excluding diaryl/α,β-unsaturated/α-hetero) is 1. The molecule has 1 amide bonds. The Morgan fingerprint density at radius 2 is 1.71 bits per heavy atom. The third-order valence-electron chi connectivity index (χ3n) is 4.20. The number of amides is 1. The molecule has 0 aromatic heterocycles. The van der Waals surface area contributed by atoms with Crippen LogP contribution in [0.25, 0.3) is 5.76 Å². The minimum Gasteiger partial charge on any atom is -0.507 e. The van der Waals surface area contributed by atoms with Crippen molar-refractivity contribution in [2.24, 2.45) is 0 Å². The van der Waals surface area contributed by atoms with Crippen LogP contribution in [0, 0.1) is 12.7 Å². The van der Waals surface area contributed by atoms with E-state index in [4.69, 9.17) is 0 Å². The van der Waals surface area contributed by atoms with Gasteiger partial charge in [0.15, 0.2) is 0 Å². The van der Waals surface area contributed by atoms with Gasteiger partial charge in [-0.2, -0.15) is 0 Å². The van der Waals surface area contributed by atoms with Crippen LogP contribution in [-0.2, 0) is 9.59 Å². The number of likely N-dealkylation sites (tertiary alicyclic amines) is 1. The summed E-state index contributed by atoms with van der Waals surface area (Å²) in [5.74, 6) is -2.42. The Morgan fingerprint density at radius 1 is 1.08 bits per heavy atom. The number of hydrogen-bond donors (Lipinski definition) is 1. The zero-order valence-electron chi connectivity index (χ0n) is 13.3. The van der Waals surface area contributed by atoms with E-state index in [1.165, 1.54) is 25.2 Å². The van der Waals surface area contributed by atoms with E-state index >= 15 is 0 Å². The maximum Gasteiger partial charge on any atom is 0.295 e. The molecule has 0 radical (unpaired) electrons. The van der Waals surface area contributed by atoms with Gasteiger partial charge in [0.25, 0.3) is 11.7 Å². The topological polar surface area (TPSA) is 57.6 Å². The van der Waals surface area contributed by atoms with Crippen LogP contribution in [0.5, 0.6) is 0 Å². The number of rotatable bonds is 2. The highest BCUT2D eigenvalue weighted by atomic mass is 19.1. The van der Waals surface area contributed by atoms with E-state index in [0.29, 0.717) is 5.56 Å². The molecular formula is C19H16FNO3. The van der Waals surface area contributed by atoms with Crippen molar-refractivity contribution in [1.29, 1.82) is 0 Å². The van der Waals surface area contributed by atoms with Gasteiger partial charge in [0, 0.05) is 18.2 Å². The van der Waals surface area contributed by atoms with Crippen molar-refractivity contribution < 1.29 is 19.1 Å². The number of aryl methyl sites for hydroxylation is 1. The van der Waals surface area contributed by atoms with Crippen LogP contribution in [0.1, 0.15) is 22.7 Å². The van der Waals surface area contributed by atoms with Crippen molar-refractivity contribution in [3.05, 3.63) is 76.6 Å². The third kappa shape index (κ3) is 2.48. The molecule has 1 heterocycles. The van der Waals surface area contributed by atoms with Crippen molar-refractivity contribution in [2.45, 2.75) is 13.0 Å². The monoisotopic (exact) mass is 325 g/mol. The average molecular weight is 325 g/mol. The van der Waals surface area contributed by atoms with Crippen molar-refractivity contribution in [1.82, 2.24) is 4.90 Å². The summed E-state index contributed by atoms with van der Waals surface area (Å²) in [5.41, 5.74) is 1.48. The SMILES string of the molecule is Cc1ccc(C(O)=C2C(=O)C(=O)N(C)[C@H]2c2ccccc2F)cc1. The summed E-state index contributed by atoms with van der Waals surface area (Å²) in [7, 11) is 1.42. The summed E-state index contributed by atoms with van der Waals surface area (Å²) in [6, 6.07) is 11.9. The van der Waals surface area contributed by atoms with E-state index in [-0.39, 0.29) is 16.9 Å². The van der Waals surface area contributed by atoms with Gasteiger partial charge in [0.05, 0.1) is 11.6 Å². The van der Waals surface area contributed by atoms with E-state index in [1.54, 1.807) is 30.3 Å². The molecule has 2 aromatic rings. The Hall–Kier alpha value is -2.95. The molecule has 0 aliphatic carbocycles. The second-order valence-corrected chi connectivity index (χ2v) is 5.80. The van der Waals surface area contributed by atoms with Gasteiger partial charge in [0.1, 0.15) is 11.6 Å². The second kappa shape index (κ2) is 5.92. The van der Waals surface area contributed by atoms with E-state index in [0.717, 1.165) is 10.5 Å². The molecular weight excluding hydrogens is 309 g/mol. The average Bonchev–Trinajstić information content (AvgIpc) is 2.79. The molecule has 5 heteroatoms. The fraction of sp³-hybridized carbons (Fsp3) is 0.158. The number of carbonyl (C=O) groups excluding carboxylic acids is 2. The number of ketones is 1. The summed E-state index contributed by atoms with van der Waals surface area (Å²) < 4.78 is 14.2. The Balaban J connectivity index is 2.20. The zero-order valence-corrected chi connectivity index (χ0v) is 13.3. The lowest BCUT2D eigenvalue weighted by molar-refractivity contribution is -0.139. The summed E-state index contributed by atoms with van der Waals surface area (Å²) in [5, 5.41) is 10.6. The summed E-state index contributed by atoms with van der Waals surface area (Å²) in [6.45, 7) is 1.90. The van der Waals surface area contributed by atoms with Gasteiger partial charge in [-0.05, 0) is 13.0 Å². The van der Waals surface area contributed by atoms with Gasteiger partial charge in [0.2, 0.25) is 0 Å². The normalized spacial score (nSPS) is 19.8. The first-order chi connectivity index (χ1) is 11.4. The molecule has 3 rings (SSSR count). The lowest BCUT2D eigenvalue weighted by atomic mass is 9.95. The lowest BCUT2D eigenvalue weighted by Gasteiger charge is -2.21. The Bertz CT molecular complexity index is 855. The molecule has 0 unspecified atom stereocenters. The van der Waals surface area contributed by atoms with Crippen LogP contribution >= 0.6 is 0 Å². The van der Waals surface area contributed by atoms with Gasteiger partial charge in [-0.25, -0.2) is 4.39 Å². The number of halogens is 1. The summed E-state index contributed by atoms with van der Waals surface area (Å²) in [6.07, 6.45) is 0. The zero-order chi connectivity index (χ0) is 17.4. The highest BCUT2D eigenvalue weighted by Crippen LogP contribution is 2.39. The minimum absolute atomic E-state index is 0.101. The molecule has 1 fully saturated rings. The Labute approximate surface area is 138 Å². The van der Waals surface area contributed by atoms with Crippen molar-refractivity contribution in [2.75, 3.05) is 7.05 Å². The van der Waals surface area contributed by atoms with E-state index in [2.05, 4.69) is 0 Å². The molecule has 24 heavy (non-hydrogen) atoms. The van der Waals surface area contributed by atoms with Gasteiger partial charge >= 0.3 is 0 Å². The maximum atomic E-state index is 14.2. The predicted molar refractivity (Wildman–Crippen MR) is 87.6 cm³/mol. The number of nitrogens with zero attached hydrogens (tertiary/aromatic N) is 1. The molecule has 0 spiro atoms. The van der Waals surface area contributed by atoms with Gasteiger partial charge < -0.3 is 10.0 Å². The van der Waals surface area contributed by atoms with E-state index in [1.807, 2.05) is 6.92 Å². The lowest BCUT2D eigenvalue weighted by Crippen LogP contribution is -2.25. The molecule has 0 saturated carbocycles. The minimum atomic E-state index is -0.951. The molecule has 1 N–H and O–H groups in total. The number of carbonyl (C=O) groups is 2. The fourth-order valence-electron chi connectivity index (χ4n) is 2.88. The predicted octanol–water partition coefficient (Wildman–Crippen LogP) is 3.19. The van der Waals surface area contributed by atoms with Crippen LogP contribution in [0.3, 0.4) is 0 Å². The van der Waals surface area contributed by atoms with E-state index < -0.39 is 23.5 Å². The number of hydrogen-bond acceptors (Lipinski definition) is 3. The first-order valence-corrected chi connectivity index (χ1v) is 7.48. The molecule has 4 nitrogen and oxygen atoms in total. The first kappa shape index (κ1) is 15.9. The first-order valence-electron chi connectivity index (χ1n) is 7.48. The summed E-state index contributed by atoms with van der Waals surface area (Å²) >= 11 is 0.